The molecule has 0 fully saturated rings. The van der Waals surface area contributed by atoms with Crippen LogP contribution >= 0.6 is 0 Å². The van der Waals surface area contributed by atoms with Crippen LogP contribution in [0, 0.1) is 11.3 Å². The van der Waals surface area contributed by atoms with Crippen molar-refractivity contribution in [3.63, 3.8) is 0 Å². The minimum absolute atomic E-state index is 0.285. The Balaban J connectivity index is 1.67. The molecule has 0 radical (unpaired) electrons. The van der Waals surface area contributed by atoms with Crippen molar-refractivity contribution in [1.29, 1.82) is 5.26 Å². The Morgan fingerprint density at radius 3 is 2.88 bits per heavy atom. The van der Waals surface area contributed by atoms with Crippen LogP contribution in [-0.4, -0.2) is 35.7 Å². The second-order valence-electron chi connectivity index (χ2n) is 7.28. The molecule has 3 heterocycles. The van der Waals surface area contributed by atoms with Crippen molar-refractivity contribution < 1.29 is 4.74 Å². The third-order valence-electron chi connectivity index (χ3n) is 5.39. The molecule has 0 amide bonds. The van der Waals surface area contributed by atoms with Crippen LogP contribution in [0.2, 0.25) is 0 Å². The summed E-state index contributed by atoms with van der Waals surface area (Å²) in [4.78, 5) is 29.2. The summed E-state index contributed by atoms with van der Waals surface area (Å²) in [5.74, 6) is 1.08. The number of hydrogen-bond acceptors (Lipinski definition) is 6. The first kappa shape index (κ1) is 19.5. The second-order valence-corrected chi connectivity index (χ2v) is 7.28. The molecule has 0 saturated heterocycles. The summed E-state index contributed by atoms with van der Waals surface area (Å²) in [5.41, 5.74) is 3.54. The van der Waals surface area contributed by atoms with E-state index in [0.29, 0.717) is 34.8 Å². The molecule has 0 saturated carbocycles. The monoisotopic (exact) mass is 425 g/mol. The number of nitrogens with one attached hydrogen (secondary N) is 1. The van der Waals surface area contributed by atoms with Gasteiger partial charge in [0, 0.05) is 5.56 Å². The van der Waals surface area contributed by atoms with E-state index in [1.807, 2.05) is 38.1 Å². The molecule has 5 aromatic rings. The summed E-state index contributed by atoms with van der Waals surface area (Å²) in [7, 11) is 0. The molecule has 3 aromatic heterocycles. The molecule has 0 aliphatic carbocycles. The molecule has 0 aliphatic heterocycles. The number of imidazole rings is 2. The summed E-state index contributed by atoms with van der Waals surface area (Å²) < 4.78 is 9.06. The molecular weight excluding hydrogens is 406 g/mol. The number of rotatable bonds is 5. The van der Waals surface area contributed by atoms with E-state index in [1.54, 1.807) is 39.9 Å². The fraction of sp³-hybridized carbons (Fsp3) is 0.174. The standard InChI is InChI=1S/C23H19N7O2/c1-3-32-20-7-5-4-6-16(20)14(2)30-21-18(27-23(30)31)12-25-22(28-21)29-13-26-17-9-8-15(11-24)10-19(17)29/h4-10,12-14H,3H2,1-2H3,(H,27,31)/t14-/m1/s1. The molecule has 158 valence electrons. The molecule has 0 unspecified atom stereocenters. The fourth-order valence-electron chi connectivity index (χ4n) is 3.87. The lowest BCUT2D eigenvalue weighted by atomic mass is 10.1. The molecule has 5 rings (SSSR count). The lowest BCUT2D eigenvalue weighted by Crippen LogP contribution is -2.22. The van der Waals surface area contributed by atoms with E-state index in [2.05, 4.69) is 26.0 Å². The number of H-pyrrole nitrogens is 1. The molecule has 0 spiro atoms. The van der Waals surface area contributed by atoms with Crippen LogP contribution in [0.4, 0.5) is 0 Å². The molecule has 9 nitrogen and oxygen atoms in total. The van der Waals surface area contributed by atoms with Gasteiger partial charge in [-0.2, -0.15) is 10.2 Å². The van der Waals surface area contributed by atoms with Crippen molar-refractivity contribution in [3.05, 3.63) is 76.6 Å². The van der Waals surface area contributed by atoms with Gasteiger partial charge in [-0.15, -0.1) is 0 Å². The fourth-order valence-corrected chi connectivity index (χ4v) is 3.87. The lowest BCUT2D eigenvalue weighted by molar-refractivity contribution is 0.333. The van der Waals surface area contributed by atoms with Crippen molar-refractivity contribution in [3.8, 4) is 17.8 Å². The van der Waals surface area contributed by atoms with Gasteiger partial charge in [0.1, 0.15) is 17.6 Å². The first-order chi connectivity index (χ1) is 15.6. The van der Waals surface area contributed by atoms with Crippen LogP contribution in [0.15, 0.2) is 59.8 Å². The molecular formula is C23H19N7O2. The maximum absolute atomic E-state index is 12.9. The van der Waals surface area contributed by atoms with Crippen LogP contribution in [0.25, 0.3) is 28.1 Å². The Morgan fingerprint density at radius 1 is 1.22 bits per heavy atom. The number of aromatic nitrogens is 6. The SMILES string of the molecule is CCOc1ccccc1[C@@H](C)n1c(=O)[nH]c2cnc(-n3cnc4ccc(C#N)cc43)nc21. The number of nitrogens with zero attached hydrogens (tertiary/aromatic N) is 6. The third kappa shape index (κ3) is 3.09. The summed E-state index contributed by atoms with van der Waals surface area (Å²) in [5, 5.41) is 9.24. The Morgan fingerprint density at radius 2 is 2.06 bits per heavy atom. The van der Waals surface area contributed by atoms with Crippen molar-refractivity contribution in [2.75, 3.05) is 6.61 Å². The average molecular weight is 425 g/mol. The molecule has 9 heteroatoms. The predicted molar refractivity (Wildman–Crippen MR) is 119 cm³/mol. The summed E-state index contributed by atoms with van der Waals surface area (Å²) in [6.45, 7) is 4.38. The van der Waals surface area contributed by atoms with E-state index in [4.69, 9.17) is 4.74 Å². The highest BCUT2D eigenvalue weighted by Crippen LogP contribution is 2.29. The van der Waals surface area contributed by atoms with Gasteiger partial charge < -0.3 is 9.72 Å². The maximum Gasteiger partial charge on any atom is 0.328 e. The van der Waals surface area contributed by atoms with Crippen molar-refractivity contribution in [2.24, 2.45) is 0 Å². The highest BCUT2D eigenvalue weighted by molar-refractivity contribution is 5.79. The van der Waals surface area contributed by atoms with Crippen molar-refractivity contribution in [2.45, 2.75) is 19.9 Å². The van der Waals surface area contributed by atoms with Crippen LogP contribution in [0.1, 0.15) is 31.0 Å². The zero-order valence-electron chi connectivity index (χ0n) is 17.5. The minimum atomic E-state index is -0.327. The molecule has 2 aromatic carbocycles. The van der Waals surface area contributed by atoms with Gasteiger partial charge >= 0.3 is 5.69 Å². The first-order valence-corrected chi connectivity index (χ1v) is 10.2. The largest absolute Gasteiger partial charge is 0.494 e. The number of ether oxygens (including phenoxy) is 1. The number of aromatic amines is 1. The summed E-state index contributed by atoms with van der Waals surface area (Å²) in [6.07, 6.45) is 3.19. The van der Waals surface area contributed by atoms with Crippen molar-refractivity contribution in [1.82, 2.24) is 29.1 Å². The number of fused-ring (bicyclic) bond motifs is 2. The third-order valence-corrected chi connectivity index (χ3v) is 5.39. The van der Waals surface area contributed by atoms with Crippen LogP contribution in [0.5, 0.6) is 5.75 Å². The van der Waals surface area contributed by atoms with Gasteiger partial charge in [0.2, 0.25) is 5.95 Å². The zero-order valence-corrected chi connectivity index (χ0v) is 17.5. The van der Waals surface area contributed by atoms with E-state index < -0.39 is 0 Å². The quantitative estimate of drug-likeness (QED) is 0.462. The number of nitriles is 1. The summed E-state index contributed by atoms with van der Waals surface area (Å²) in [6, 6.07) is 14.7. The minimum Gasteiger partial charge on any atom is -0.494 e. The molecule has 0 bridgehead atoms. The Kier molecular flexibility index (Phi) is 4.67. The van der Waals surface area contributed by atoms with Gasteiger partial charge in [-0.25, -0.2) is 14.8 Å². The molecule has 0 aliphatic rings. The number of para-hydroxylation sites is 1. The topological polar surface area (TPSA) is 114 Å². The highest BCUT2D eigenvalue weighted by Gasteiger charge is 2.20. The van der Waals surface area contributed by atoms with Gasteiger partial charge in [-0.1, -0.05) is 18.2 Å². The average Bonchev–Trinajstić information content (AvgIpc) is 3.38. The van der Waals surface area contributed by atoms with Crippen LogP contribution < -0.4 is 10.4 Å². The number of hydrogen-bond donors (Lipinski definition) is 1. The van der Waals surface area contributed by atoms with Gasteiger partial charge in [-0.05, 0) is 38.1 Å². The lowest BCUT2D eigenvalue weighted by Gasteiger charge is -2.17. The normalized spacial score (nSPS) is 12.2. The van der Waals surface area contributed by atoms with Gasteiger partial charge in [0.05, 0.1) is 41.5 Å². The van der Waals surface area contributed by atoms with Gasteiger partial charge in [0.15, 0.2) is 5.65 Å². The van der Waals surface area contributed by atoms with E-state index in [9.17, 15) is 10.1 Å². The van der Waals surface area contributed by atoms with E-state index in [-0.39, 0.29) is 11.7 Å². The molecule has 1 atom stereocenters. The van der Waals surface area contributed by atoms with Crippen LogP contribution in [0.3, 0.4) is 0 Å². The van der Waals surface area contributed by atoms with Gasteiger partial charge in [0.25, 0.3) is 0 Å². The maximum atomic E-state index is 12.9. The number of benzene rings is 2. The molecule has 1 N–H and O–H groups in total. The highest BCUT2D eigenvalue weighted by atomic mass is 16.5. The van der Waals surface area contributed by atoms with E-state index in [1.165, 1.54) is 0 Å². The Hall–Kier alpha value is -4.45. The first-order valence-electron chi connectivity index (χ1n) is 10.2. The molecule has 32 heavy (non-hydrogen) atoms. The Labute approximate surface area is 182 Å². The predicted octanol–water partition coefficient (Wildman–Crippen LogP) is 3.34. The van der Waals surface area contributed by atoms with E-state index in [0.717, 1.165) is 16.8 Å². The van der Waals surface area contributed by atoms with Crippen molar-refractivity contribution >= 4 is 22.2 Å². The van der Waals surface area contributed by atoms with Crippen LogP contribution in [-0.2, 0) is 0 Å². The Bertz CT molecular complexity index is 1550. The van der Waals surface area contributed by atoms with E-state index >= 15 is 0 Å². The summed E-state index contributed by atoms with van der Waals surface area (Å²) >= 11 is 0. The zero-order chi connectivity index (χ0) is 22.2. The second kappa shape index (κ2) is 7.67. The van der Waals surface area contributed by atoms with Gasteiger partial charge in [-0.3, -0.25) is 9.13 Å². The smallest absolute Gasteiger partial charge is 0.328 e.